The Morgan fingerprint density at radius 2 is 2.14 bits per heavy atom. The van der Waals surface area contributed by atoms with Crippen LogP contribution in [0.15, 0.2) is 24.3 Å². The highest BCUT2D eigenvalue weighted by molar-refractivity contribution is 5.87. The maximum Gasteiger partial charge on any atom is 0.316 e. The van der Waals surface area contributed by atoms with Crippen molar-refractivity contribution in [2.24, 2.45) is 5.73 Å². The Morgan fingerprint density at radius 1 is 1.41 bits per heavy atom. The molecule has 0 aliphatic carbocycles. The second-order valence-electron chi connectivity index (χ2n) is 5.33. The summed E-state index contributed by atoms with van der Waals surface area (Å²) in [5, 5.41) is 8.70. The van der Waals surface area contributed by atoms with Crippen LogP contribution in [0.25, 0.3) is 0 Å². The second kappa shape index (κ2) is 7.77. The zero-order valence-corrected chi connectivity index (χ0v) is 12.6. The van der Waals surface area contributed by atoms with Gasteiger partial charge in [-0.25, -0.2) is 4.79 Å². The number of carbonyl (C=O) groups excluding carboxylic acids is 2. The number of urea groups is 1. The van der Waals surface area contributed by atoms with Crippen LogP contribution in [0.5, 0.6) is 0 Å². The molecule has 0 bridgehead atoms. The van der Waals surface area contributed by atoms with Crippen LogP contribution in [0.3, 0.4) is 0 Å². The molecular formula is C15H22N4O3. The highest BCUT2D eigenvalue weighted by Crippen LogP contribution is 2.16. The van der Waals surface area contributed by atoms with Crippen molar-refractivity contribution in [3.63, 3.8) is 0 Å². The molecule has 2 unspecified atom stereocenters. The SMILES string of the molecule is CC(NC(=O)CC1COCCN1)c1ccc(NC(N)=O)cc1. The summed E-state index contributed by atoms with van der Waals surface area (Å²) in [6.07, 6.45) is 0.394. The lowest BCUT2D eigenvalue weighted by atomic mass is 10.1. The molecule has 1 heterocycles. The molecule has 3 amide bonds. The number of primary amides is 1. The smallest absolute Gasteiger partial charge is 0.316 e. The van der Waals surface area contributed by atoms with Crippen LogP contribution in [-0.2, 0) is 9.53 Å². The fourth-order valence-electron chi connectivity index (χ4n) is 2.36. The van der Waals surface area contributed by atoms with Crippen molar-refractivity contribution in [3.8, 4) is 0 Å². The third-order valence-corrected chi connectivity index (χ3v) is 3.49. The third kappa shape index (κ3) is 5.01. The number of morpholine rings is 1. The van der Waals surface area contributed by atoms with E-state index in [1.54, 1.807) is 12.1 Å². The number of hydrogen-bond acceptors (Lipinski definition) is 4. The fraction of sp³-hybridized carbons (Fsp3) is 0.467. The van der Waals surface area contributed by atoms with E-state index in [2.05, 4.69) is 16.0 Å². The average molecular weight is 306 g/mol. The van der Waals surface area contributed by atoms with Gasteiger partial charge in [-0.1, -0.05) is 12.1 Å². The van der Waals surface area contributed by atoms with Crippen LogP contribution in [-0.4, -0.2) is 37.7 Å². The van der Waals surface area contributed by atoms with Gasteiger partial charge in [-0.05, 0) is 24.6 Å². The zero-order chi connectivity index (χ0) is 15.9. The maximum atomic E-state index is 12.0. The summed E-state index contributed by atoms with van der Waals surface area (Å²) < 4.78 is 5.33. The molecule has 1 aliphatic rings. The summed E-state index contributed by atoms with van der Waals surface area (Å²) in [5.74, 6) is -0.0187. The predicted molar refractivity (Wildman–Crippen MR) is 83.4 cm³/mol. The summed E-state index contributed by atoms with van der Waals surface area (Å²) in [6.45, 7) is 3.95. The third-order valence-electron chi connectivity index (χ3n) is 3.49. The van der Waals surface area contributed by atoms with Gasteiger partial charge in [0.2, 0.25) is 5.91 Å². The first-order chi connectivity index (χ1) is 10.5. The molecule has 2 atom stereocenters. The average Bonchev–Trinajstić information content (AvgIpc) is 2.48. The van der Waals surface area contributed by atoms with Crippen LogP contribution in [0.1, 0.15) is 24.9 Å². The van der Waals surface area contributed by atoms with Crippen LogP contribution < -0.4 is 21.7 Å². The Labute approximate surface area is 129 Å². The Kier molecular flexibility index (Phi) is 5.74. The number of nitrogens with one attached hydrogen (secondary N) is 3. The molecule has 1 saturated heterocycles. The fourth-order valence-corrected chi connectivity index (χ4v) is 2.36. The Balaban J connectivity index is 1.83. The maximum absolute atomic E-state index is 12.0. The normalized spacial score (nSPS) is 19.2. The minimum Gasteiger partial charge on any atom is -0.378 e. The van der Waals surface area contributed by atoms with E-state index in [1.165, 1.54) is 0 Å². The quantitative estimate of drug-likeness (QED) is 0.643. The number of rotatable bonds is 5. The molecule has 5 N–H and O–H groups in total. The van der Waals surface area contributed by atoms with Crippen molar-refractivity contribution in [3.05, 3.63) is 29.8 Å². The highest BCUT2D eigenvalue weighted by Gasteiger charge is 2.18. The van der Waals surface area contributed by atoms with Crippen molar-refractivity contribution >= 4 is 17.6 Å². The lowest BCUT2D eigenvalue weighted by molar-refractivity contribution is -0.122. The lowest BCUT2D eigenvalue weighted by Crippen LogP contribution is -2.44. The summed E-state index contributed by atoms with van der Waals surface area (Å²) in [5.41, 5.74) is 6.63. The van der Waals surface area contributed by atoms with Crippen molar-refractivity contribution in [1.29, 1.82) is 0 Å². The van der Waals surface area contributed by atoms with Crippen molar-refractivity contribution in [1.82, 2.24) is 10.6 Å². The van der Waals surface area contributed by atoms with E-state index in [0.717, 1.165) is 12.1 Å². The number of hydrogen-bond donors (Lipinski definition) is 4. The summed E-state index contributed by atoms with van der Waals surface area (Å²) >= 11 is 0. The van der Waals surface area contributed by atoms with Crippen LogP contribution in [0, 0.1) is 0 Å². The molecule has 1 fully saturated rings. The molecule has 1 aromatic carbocycles. The number of anilines is 1. The van der Waals surface area contributed by atoms with E-state index in [-0.39, 0.29) is 18.0 Å². The molecule has 1 aromatic rings. The largest absolute Gasteiger partial charge is 0.378 e. The summed E-state index contributed by atoms with van der Waals surface area (Å²) in [6, 6.07) is 6.55. The number of ether oxygens (including phenoxy) is 1. The minimum atomic E-state index is -0.601. The van der Waals surface area contributed by atoms with Crippen molar-refractivity contribution in [2.45, 2.75) is 25.4 Å². The van der Waals surface area contributed by atoms with E-state index < -0.39 is 6.03 Å². The molecule has 1 aliphatic heterocycles. The first-order valence-corrected chi connectivity index (χ1v) is 7.31. The Hall–Kier alpha value is -2.12. The van der Waals surface area contributed by atoms with E-state index in [1.807, 2.05) is 19.1 Å². The first-order valence-electron chi connectivity index (χ1n) is 7.31. The Morgan fingerprint density at radius 3 is 2.73 bits per heavy atom. The standard InChI is InChI=1S/C15H22N4O3/c1-10(11-2-4-12(5-3-11)19-15(16)21)18-14(20)8-13-9-22-7-6-17-13/h2-5,10,13,17H,6-9H2,1H3,(H,18,20)(H3,16,19,21). The van der Waals surface area contributed by atoms with Crippen LogP contribution >= 0.6 is 0 Å². The van der Waals surface area contributed by atoms with E-state index in [0.29, 0.717) is 25.3 Å². The molecule has 0 radical (unpaired) electrons. The lowest BCUT2D eigenvalue weighted by Gasteiger charge is -2.24. The van der Waals surface area contributed by atoms with E-state index >= 15 is 0 Å². The zero-order valence-electron chi connectivity index (χ0n) is 12.6. The van der Waals surface area contributed by atoms with Crippen LogP contribution in [0.2, 0.25) is 0 Å². The minimum absolute atomic E-state index is 0.0187. The molecule has 0 aromatic heterocycles. The molecule has 7 heteroatoms. The molecule has 0 spiro atoms. The number of benzene rings is 1. The highest BCUT2D eigenvalue weighted by atomic mass is 16.5. The summed E-state index contributed by atoms with van der Waals surface area (Å²) in [4.78, 5) is 22.8. The molecule has 2 rings (SSSR count). The predicted octanol–water partition coefficient (Wildman–Crippen LogP) is 0.733. The van der Waals surface area contributed by atoms with Gasteiger partial charge in [-0.3, -0.25) is 4.79 Å². The van der Waals surface area contributed by atoms with E-state index in [4.69, 9.17) is 10.5 Å². The Bertz CT molecular complexity index is 512. The van der Waals surface area contributed by atoms with E-state index in [9.17, 15) is 9.59 Å². The first kappa shape index (κ1) is 16.3. The van der Waals surface area contributed by atoms with Gasteiger partial charge in [-0.2, -0.15) is 0 Å². The number of nitrogens with two attached hydrogens (primary N) is 1. The topological polar surface area (TPSA) is 105 Å². The molecule has 22 heavy (non-hydrogen) atoms. The number of carbonyl (C=O) groups is 2. The van der Waals surface area contributed by atoms with Gasteiger partial charge >= 0.3 is 6.03 Å². The second-order valence-corrected chi connectivity index (χ2v) is 5.33. The number of amides is 3. The molecule has 7 nitrogen and oxygen atoms in total. The van der Waals surface area contributed by atoms with Gasteiger partial charge in [0, 0.05) is 24.7 Å². The van der Waals surface area contributed by atoms with Gasteiger partial charge in [0.15, 0.2) is 0 Å². The molecular weight excluding hydrogens is 284 g/mol. The van der Waals surface area contributed by atoms with Crippen LogP contribution in [0.4, 0.5) is 10.5 Å². The van der Waals surface area contributed by atoms with Gasteiger partial charge in [0.25, 0.3) is 0 Å². The van der Waals surface area contributed by atoms with Gasteiger partial charge in [0.1, 0.15) is 0 Å². The van der Waals surface area contributed by atoms with Gasteiger partial charge in [0.05, 0.1) is 19.3 Å². The monoisotopic (exact) mass is 306 g/mol. The molecule has 120 valence electrons. The van der Waals surface area contributed by atoms with Gasteiger partial charge in [-0.15, -0.1) is 0 Å². The van der Waals surface area contributed by atoms with Gasteiger partial charge < -0.3 is 26.4 Å². The van der Waals surface area contributed by atoms with Crippen molar-refractivity contribution in [2.75, 3.05) is 25.1 Å². The van der Waals surface area contributed by atoms with Crippen molar-refractivity contribution < 1.29 is 14.3 Å². The molecule has 0 saturated carbocycles. The summed E-state index contributed by atoms with van der Waals surface area (Å²) in [7, 11) is 0.